The number of fused-ring (bicyclic) bond motifs is 1. The van der Waals surface area contributed by atoms with Crippen LogP contribution in [0, 0.1) is 0 Å². The fraction of sp³-hybridized carbons (Fsp3) is 0.417. The third-order valence-corrected chi connectivity index (χ3v) is 8.65. The van der Waals surface area contributed by atoms with Gasteiger partial charge < -0.3 is 4.90 Å². The third-order valence-electron chi connectivity index (χ3n) is 5.38. The highest BCUT2D eigenvalue weighted by molar-refractivity contribution is 7.99. The molecule has 1 heterocycles. The molecule has 0 spiro atoms. The van der Waals surface area contributed by atoms with E-state index in [1.54, 1.807) is 28.8 Å². The van der Waals surface area contributed by atoms with Crippen molar-refractivity contribution < 1.29 is 13.2 Å². The molecule has 0 aliphatic carbocycles. The first-order valence-corrected chi connectivity index (χ1v) is 14.8. The summed E-state index contributed by atoms with van der Waals surface area (Å²) in [6, 6.07) is 15.3. The van der Waals surface area contributed by atoms with E-state index in [1.165, 1.54) is 22.5 Å². The maximum atomic E-state index is 13.2. The Bertz CT molecular complexity index is 1170. The van der Waals surface area contributed by atoms with Crippen molar-refractivity contribution in [1.82, 2.24) is 9.88 Å². The number of aromatic nitrogens is 1. The zero-order chi connectivity index (χ0) is 23.8. The molecule has 0 bridgehead atoms. The van der Waals surface area contributed by atoms with Gasteiger partial charge in [-0.3, -0.25) is 9.69 Å². The summed E-state index contributed by atoms with van der Waals surface area (Å²) >= 11 is 3.12. The van der Waals surface area contributed by atoms with Crippen LogP contribution in [0.2, 0.25) is 0 Å². The number of hydrogen-bond acceptors (Lipinski definition) is 7. The molecule has 1 amide bonds. The average Bonchev–Trinajstić information content (AvgIpc) is 3.23. The molecule has 0 radical (unpaired) electrons. The lowest BCUT2D eigenvalue weighted by atomic mass is 10.3. The Kier molecular flexibility index (Phi) is 11.3. The molecule has 0 saturated heterocycles. The largest absolute Gasteiger partial charge is 0.302 e. The van der Waals surface area contributed by atoms with Crippen molar-refractivity contribution in [3.05, 3.63) is 48.5 Å². The first kappa shape index (κ1) is 28.6. The van der Waals surface area contributed by atoms with Gasteiger partial charge in [0.05, 0.1) is 9.60 Å². The first-order chi connectivity index (χ1) is 15.8. The van der Waals surface area contributed by atoms with Gasteiger partial charge in [0.1, 0.15) is 5.52 Å². The topological polar surface area (TPSA) is 70.6 Å². The summed E-state index contributed by atoms with van der Waals surface area (Å²) in [5, 5.41) is 0.564. The van der Waals surface area contributed by atoms with Gasteiger partial charge in [0, 0.05) is 30.7 Å². The van der Waals surface area contributed by atoms with Crippen LogP contribution in [-0.2, 0) is 14.6 Å². The van der Waals surface area contributed by atoms with Gasteiger partial charge in [0.15, 0.2) is 15.0 Å². The summed E-state index contributed by atoms with van der Waals surface area (Å²) in [7, 11) is -3.41. The second kappa shape index (κ2) is 13.4. The molecular formula is C24H32ClN3O3S3. The van der Waals surface area contributed by atoms with Crippen LogP contribution in [0.4, 0.5) is 5.13 Å². The van der Waals surface area contributed by atoms with E-state index < -0.39 is 9.84 Å². The van der Waals surface area contributed by atoms with E-state index in [0.29, 0.717) is 23.6 Å². The summed E-state index contributed by atoms with van der Waals surface area (Å²) < 4.78 is 25.2. The highest BCUT2D eigenvalue weighted by Gasteiger charge is 2.22. The second-order valence-corrected chi connectivity index (χ2v) is 11.9. The van der Waals surface area contributed by atoms with Crippen molar-refractivity contribution in [3.8, 4) is 0 Å². The van der Waals surface area contributed by atoms with Crippen LogP contribution in [0.5, 0.6) is 0 Å². The number of amides is 1. The van der Waals surface area contributed by atoms with Crippen LogP contribution in [0.1, 0.15) is 26.7 Å². The minimum Gasteiger partial charge on any atom is -0.302 e. The quantitative estimate of drug-likeness (QED) is 0.227. The maximum absolute atomic E-state index is 13.2. The Balaban J connectivity index is 0.00000408. The van der Waals surface area contributed by atoms with E-state index in [0.717, 1.165) is 36.5 Å². The lowest BCUT2D eigenvalue weighted by Gasteiger charge is -2.24. The molecule has 0 aliphatic rings. The fourth-order valence-electron chi connectivity index (χ4n) is 3.50. The molecule has 1 aromatic heterocycles. The Morgan fingerprint density at radius 1 is 1.03 bits per heavy atom. The first-order valence-electron chi connectivity index (χ1n) is 11.1. The van der Waals surface area contributed by atoms with E-state index in [9.17, 15) is 13.2 Å². The van der Waals surface area contributed by atoms with Crippen LogP contribution >= 0.6 is 35.5 Å². The van der Waals surface area contributed by atoms with Crippen molar-refractivity contribution in [2.24, 2.45) is 0 Å². The second-order valence-electron chi connectivity index (χ2n) is 7.71. The highest BCUT2D eigenvalue weighted by atomic mass is 35.5. The summed E-state index contributed by atoms with van der Waals surface area (Å²) in [5.74, 6) is 0.883. The van der Waals surface area contributed by atoms with Crippen molar-refractivity contribution in [2.45, 2.75) is 36.5 Å². The number of rotatable bonds is 12. The average molecular weight is 542 g/mol. The monoisotopic (exact) mass is 541 g/mol. The lowest BCUT2D eigenvalue weighted by molar-refractivity contribution is -0.118. The van der Waals surface area contributed by atoms with Crippen LogP contribution in [0.15, 0.2) is 58.3 Å². The van der Waals surface area contributed by atoms with E-state index >= 15 is 0 Å². The van der Waals surface area contributed by atoms with Gasteiger partial charge in [0.25, 0.3) is 0 Å². The number of carbonyl (C=O) groups is 1. The summed E-state index contributed by atoms with van der Waals surface area (Å²) in [4.78, 5) is 23.3. The number of thiazole rings is 1. The van der Waals surface area contributed by atoms with Gasteiger partial charge in [-0.15, -0.1) is 24.2 Å². The highest BCUT2D eigenvalue weighted by Crippen LogP contribution is 2.33. The number of para-hydroxylation sites is 1. The molecule has 0 saturated carbocycles. The summed E-state index contributed by atoms with van der Waals surface area (Å²) in [6.45, 7) is 7.29. The van der Waals surface area contributed by atoms with Crippen LogP contribution in [-0.4, -0.2) is 62.4 Å². The maximum Gasteiger partial charge on any atom is 0.228 e. The van der Waals surface area contributed by atoms with Crippen LogP contribution in [0.3, 0.4) is 0 Å². The van der Waals surface area contributed by atoms with Crippen molar-refractivity contribution in [2.75, 3.05) is 43.1 Å². The minimum atomic E-state index is -3.41. The third kappa shape index (κ3) is 7.68. The van der Waals surface area contributed by atoms with Crippen molar-refractivity contribution >= 4 is 66.6 Å². The van der Waals surface area contributed by atoms with E-state index in [4.69, 9.17) is 0 Å². The predicted molar refractivity (Wildman–Crippen MR) is 147 cm³/mol. The molecule has 0 aliphatic heterocycles. The normalized spacial score (nSPS) is 11.5. The number of thioether (sulfide) groups is 1. The number of carbonyl (C=O) groups excluding carboxylic acids is 1. The number of hydrogen-bond donors (Lipinski definition) is 0. The Labute approximate surface area is 217 Å². The van der Waals surface area contributed by atoms with Gasteiger partial charge >= 0.3 is 0 Å². The van der Waals surface area contributed by atoms with Gasteiger partial charge in [-0.2, -0.15) is 0 Å². The van der Waals surface area contributed by atoms with Gasteiger partial charge in [-0.25, -0.2) is 13.4 Å². The van der Waals surface area contributed by atoms with E-state index in [1.807, 2.05) is 24.3 Å². The summed E-state index contributed by atoms with van der Waals surface area (Å²) in [5.41, 5.74) is 0.445. The molecule has 3 rings (SSSR count). The Morgan fingerprint density at radius 3 is 2.38 bits per heavy atom. The number of likely N-dealkylation sites (N-methyl/N-ethyl adjacent to an activating group) is 1. The molecule has 0 atom stereocenters. The van der Waals surface area contributed by atoms with Crippen LogP contribution in [0.25, 0.3) is 10.2 Å². The van der Waals surface area contributed by atoms with Gasteiger partial charge in [-0.05, 0) is 49.5 Å². The smallest absolute Gasteiger partial charge is 0.228 e. The Hall–Kier alpha value is -1.65. The lowest BCUT2D eigenvalue weighted by Crippen LogP contribution is -2.38. The molecule has 0 N–H and O–H groups in total. The predicted octanol–water partition coefficient (Wildman–Crippen LogP) is 5.37. The number of nitrogens with zero attached hydrogens (tertiary/aromatic N) is 3. The molecule has 0 fully saturated rings. The van der Waals surface area contributed by atoms with Crippen molar-refractivity contribution in [1.29, 1.82) is 0 Å². The molecule has 0 unspecified atom stereocenters. The van der Waals surface area contributed by atoms with Gasteiger partial charge in [-0.1, -0.05) is 49.4 Å². The Morgan fingerprint density at radius 2 is 1.74 bits per heavy atom. The molecule has 10 heteroatoms. The number of halogens is 1. The number of benzene rings is 2. The number of anilines is 1. The van der Waals surface area contributed by atoms with Crippen LogP contribution < -0.4 is 4.90 Å². The molecule has 3 aromatic rings. The zero-order valence-corrected chi connectivity index (χ0v) is 23.0. The van der Waals surface area contributed by atoms with Crippen molar-refractivity contribution in [3.63, 3.8) is 0 Å². The molecule has 34 heavy (non-hydrogen) atoms. The fourth-order valence-corrected chi connectivity index (χ4v) is 6.31. The van der Waals surface area contributed by atoms with E-state index in [2.05, 4.69) is 35.9 Å². The minimum absolute atomic E-state index is 0. The molecule has 2 aromatic carbocycles. The van der Waals surface area contributed by atoms with E-state index in [-0.39, 0.29) is 23.2 Å². The van der Waals surface area contributed by atoms with Gasteiger partial charge in [0.2, 0.25) is 5.91 Å². The molecule has 6 nitrogen and oxygen atoms in total. The SMILES string of the molecule is CCN(CC)CCN(C(=O)CCCSc1ccccc1)c1nc2c(S(C)(=O)=O)cccc2s1.Cl. The molecular weight excluding hydrogens is 510 g/mol. The molecule has 186 valence electrons. The zero-order valence-electron chi connectivity index (χ0n) is 19.8. The number of sulfone groups is 1. The summed E-state index contributed by atoms with van der Waals surface area (Å²) in [6.07, 6.45) is 2.38. The standard InChI is InChI=1S/C24H31N3O3S3.ClH/c1-4-26(5-2)16-17-27(22(28)15-10-18-31-19-11-7-6-8-12-19)24-25-23-20(32-24)13-9-14-21(23)33(3,29)30;/h6-9,11-14H,4-5,10,15-18H2,1-3H3;1H.